The normalized spacial score (nSPS) is 34.5. The summed E-state index contributed by atoms with van der Waals surface area (Å²) in [6, 6.07) is 7.42. The number of nitrogens with one attached hydrogen (secondary N) is 1. The third-order valence-corrected chi connectivity index (χ3v) is 5.36. The van der Waals surface area contributed by atoms with Gasteiger partial charge in [0.15, 0.2) is 5.78 Å². The highest BCUT2D eigenvalue weighted by atomic mass is 16.5. The van der Waals surface area contributed by atoms with Crippen molar-refractivity contribution in [1.29, 1.82) is 0 Å². The first-order chi connectivity index (χ1) is 10.7. The first kappa shape index (κ1) is 13.6. The molecule has 0 saturated heterocycles. The van der Waals surface area contributed by atoms with Crippen LogP contribution in [-0.2, 0) is 4.79 Å². The highest BCUT2D eigenvalue weighted by molar-refractivity contribution is 6.00. The van der Waals surface area contributed by atoms with E-state index in [2.05, 4.69) is 11.9 Å². The van der Waals surface area contributed by atoms with E-state index in [9.17, 15) is 9.59 Å². The second-order valence-corrected chi connectivity index (χ2v) is 6.55. The monoisotopic (exact) mass is 297 g/mol. The Kier molecular flexibility index (Phi) is 2.90. The van der Waals surface area contributed by atoms with E-state index in [1.165, 1.54) is 0 Å². The molecular weight excluding hydrogens is 278 g/mol. The molecule has 1 aromatic carbocycles. The standard InChI is InChI=1S/C18H19NO3/c1-2-9-19-17(21)15-12-7-8-18(16(12)15)10-13(20)11-5-3-4-6-14(11)22-18/h2-6,12,15-16H,1,7-10H2,(H,19,21). The molecule has 0 radical (unpaired) electrons. The summed E-state index contributed by atoms with van der Waals surface area (Å²) in [6.07, 6.45) is 3.92. The number of hydrogen-bond acceptors (Lipinski definition) is 3. The molecule has 1 N–H and O–H groups in total. The lowest BCUT2D eigenvalue weighted by atomic mass is 9.84. The van der Waals surface area contributed by atoms with Gasteiger partial charge in [0.1, 0.15) is 11.4 Å². The van der Waals surface area contributed by atoms with Crippen molar-refractivity contribution in [3.8, 4) is 5.75 Å². The topological polar surface area (TPSA) is 55.4 Å². The minimum absolute atomic E-state index is 0.00763. The van der Waals surface area contributed by atoms with Gasteiger partial charge in [-0.05, 0) is 30.9 Å². The van der Waals surface area contributed by atoms with Crippen molar-refractivity contribution in [1.82, 2.24) is 5.32 Å². The Balaban J connectivity index is 1.58. The number of benzene rings is 1. The van der Waals surface area contributed by atoms with E-state index < -0.39 is 5.60 Å². The van der Waals surface area contributed by atoms with E-state index in [4.69, 9.17) is 4.74 Å². The van der Waals surface area contributed by atoms with Gasteiger partial charge in [0.25, 0.3) is 0 Å². The zero-order chi connectivity index (χ0) is 15.3. The molecular formula is C18H19NO3. The van der Waals surface area contributed by atoms with Crippen molar-refractivity contribution in [2.45, 2.75) is 24.9 Å². The molecule has 2 fully saturated rings. The van der Waals surface area contributed by atoms with Crippen LogP contribution < -0.4 is 10.1 Å². The number of rotatable bonds is 3. The maximum Gasteiger partial charge on any atom is 0.224 e. The fourth-order valence-electron chi connectivity index (χ4n) is 4.41. The SMILES string of the molecule is C=CCNC(=O)C1C2CCC3(CC(=O)c4ccccc4O3)C21. The number of Topliss-reactive ketones (excluding diaryl/α,β-unsaturated/α-hetero) is 1. The molecule has 22 heavy (non-hydrogen) atoms. The second-order valence-electron chi connectivity index (χ2n) is 6.55. The molecule has 1 amide bonds. The van der Waals surface area contributed by atoms with Gasteiger partial charge in [0.2, 0.25) is 5.91 Å². The van der Waals surface area contributed by atoms with Gasteiger partial charge in [0.05, 0.1) is 12.0 Å². The predicted octanol–water partition coefficient (Wildman–Crippen LogP) is 2.35. The number of fused-ring (bicyclic) bond motifs is 3. The van der Waals surface area contributed by atoms with Crippen LogP contribution in [0.5, 0.6) is 5.75 Å². The quantitative estimate of drug-likeness (QED) is 0.871. The smallest absolute Gasteiger partial charge is 0.224 e. The number of ether oxygens (including phenoxy) is 1. The average Bonchev–Trinajstić information content (AvgIpc) is 3.17. The minimum atomic E-state index is -0.466. The van der Waals surface area contributed by atoms with Crippen molar-refractivity contribution in [2.24, 2.45) is 17.8 Å². The van der Waals surface area contributed by atoms with E-state index in [-0.39, 0.29) is 23.5 Å². The van der Waals surface area contributed by atoms with Crippen LogP contribution in [0, 0.1) is 17.8 Å². The minimum Gasteiger partial charge on any atom is -0.486 e. The van der Waals surface area contributed by atoms with Crippen LogP contribution in [0.2, 0.25) is 0 Å². The van der Waals surface area contributed by atoms with Crippen molar-refractivity contribution in [3.63, 3.8) is 0 Å². The Labute approximate surface area is 129 Å². The zero-order valence-corrected chi connectivity index (χ0v) is 12.4. The number of carbonyl (C=O) groups excluding carboxylic acids is 2. The van der Waals surface area contributed by atoms with Crippen LogP contribution in [0.3, 0.4) is 0 Å². The summed E-state index contributed by atoms with van der Waals surface area (Å²) >= 11 is 0. The number of hydrogen-bond donors (Lipinski definition) is 1. The van der Waals surface area contributed by atoms with Crippen molar-refractivity contribution < 1.29 is 14.3 Å². The van der Waals surface area contributed by atoms with E-state index >= 15 is 0 Å². The first-order valence-electron chi connectivity index (χ1n) is 7.86. The van der Waals surface area contributed by atoms with E-state index in [1.54, 1.807) is 6.08 Å². The van der Waals surface area contributed by atoms with Gasteiger partial charge in [-0.25, -0.2) is 0 Å². The van der Waals surface area contributed by atoms with Gasteiger partial charge in [-0.1, -0.05) is 18.2 Å². The van der Waals surface area contributed by atoms with E-state index in [1.807, 2.05) is 24.3 Å². The fraction of sp³-hybridized carbons (Fsp3) is 0.444. The summed E-state index contributed by atoms with van der Waals surface area (Å²) < 4.78 is 6.27. The fourth-order valence-corrected chi connectivity index (χ4v) is 4.41. The highest BCUT2D eigenvalue weighted by Gasteiger charge is 2.70. The lowest BCUT2D eigenvalue weighted by Gasteiger charge is -2.37. The summed E-state index contributed by atoms with van der Waals surface area (Å²) in [7, 11) is 0. The molecule has 1 aliphatic heterocycles. The molecule has 4 heteroatoms. The Bertz CT molecular complexity index is 668. The van der Waals surface area contributed by atoms with Gasteiger partial charge < -0.3 is 10.1 Å². The molecule has 0 aromatic heterocycles. The molecule has 1 aromatic rings. The second kappa shape index (κ2) is 4.70. The van der Waals surface area contributed by atoms with Crippen molar-refractivity contribution in [3.05, 3.63) is 42.5 Å². The van der Waals surface area contributed by atoms with Crippen LogP contribution in [0.1, 0.15) is 29.6 Å². The Morgan fingerprint density at radius 3 is 3.09 bits per heavy atom. The molecule has 114 valence electrons. The van der Waals surface area contributed by atoms with E-state index in [0.717, 1.165) is 12.8 Å². The molecule has 0 bridgehead atoms. The van der Waals surface area contributed by atoms with E-state index in [0.29, 0.717) is 30.2 Å². The van der Waals surface area contributed by atoms with Crippen LogP contribution in [-0.4, -0.2) is 23.8 Å². The van der Waals surface area contributed by atoms with Crippen molar-refractivity contribution in [2.75, 3.05) is 6.54 Å². The summed E-state index contributed by atoms with van der Waals surface area (Å²) in [6.45, 7) is 4.11. The molecule has 4 atom stereocenters. The Morgan fingerprint density at radius 1 is 1.45 bits per heavy atom. The van der Waals surface area contributed by atoms with Crippen LogP contribution in [0.25, 0.3) is 0 Å². The molecule has 1 heterocycles. The van der Waals surface area contributed by atoms with Gasteiger partial charge in [0, 0.05) is 18.4 Å². The van der Waals surface area contributed by atoms with Crippen LogP contribution in [0.4, 0.5) is 0 Å². The molecule has 2 aliphatic carbocycles. The summed E-state index contributed by atoms with van der Waals surface area (Å²) in [4.78, 5) is 24.7. The van der Waals surface area contributed by atoms with Crippen LogP contribution >= 0.6 is 0 Å². The number of amides is 1. The Morgan fingerprint density at radius 2 is 2.27 bits per heavy atom. The number of carbonyl (C=O) groups is 2. The zero-order valence-electron chi connectivity index (χ0n) is 12.4. The van der Waals surface area contributed by atoms with Crippen molar-refractivity contribution >= 4 is 11.7 Å². The summed E-state index contributed by atoms with van der Waals surface area (Å²) in [5, 5.41) is 2.88. The largest absolute Gasteiger partial charge is 0.486 e. The number of para-hydroxylation sites is 1. The predicted molar refractivity (Wildman–Crippen MR) is 81.7 cm³/mol. The highest BCUT2D eigenvalue weighted by Crippen LogP contribution is 2.65. The van der Waals surface area contributed by atoms with Gasteiger partial charge in [-0.3, -0.25) is 9.59 Å². The summed E-state index contributed by atoms with van der Waals surface area (Å²) in [5.74, 6) is 1.42. The molecule has 3 aliphatic rings. The maximum atomic E-state index is 12.5. The first-order valence-corrected chi connectivity index (χ1v) is 7.86. The lowest BCUT2D eigenvalue weighted by Crippen LogP contribution is -2.44. The van der Waals surface area contributed by atoms with Gasteiger partial charge >= 0.3 is 0 Å². The molecule has 1 spiro atoms. The average molecular weight is 297 g/mol. The van der Waals surface area contributed by atoms with Gasteiger partial charge in [-0.2, -0.15) is 0 Å². The third-order valence-electron chi connectivity index (χ3n) is 5.36. The number of ketones is 1. The molecule has 4 unspecified atom stereocenters. The summed E-state index contributed by atoms with van der Waals surface area (Å²) in [5.41, 5.74) is 0.205. The molecule has 4 rings (SSSR count). The Hall–Kier alpha value is -2.10. The molecule has 2 saturated carbocycles. The van der Waals surface area contributed by atoms with Crippen LogP contribution in [0.15, 0.2) is 36.9 Å². The van der Waals surface area contributed by atoms with Gasteiger partial charge in [-0.15, -0.1) is 6.58 Å². The lowest BCUT2D eigenvalue weighted by molar-refractivity contribution is -0.123. The maximum absolute atomic E-state index is 12.5. The molecule has 4 nitrogen and oxygen atoms in total. The third kappa shape index (κ3) is 1.83.